The van der Waals surface area contributed by atoms with E-state index in [0.29, 0.717) is 45.8 Å². The zero-order valence-corrected chi connectivity index (χ0v) is 15.9. The number of nitrogens with one attached hydrogen (secondary N) is 1. The monoisotopic (exact) mass is 360 g/mol. The Morgan fingerprint density at radius 3 is 2.04 bits per heavy atom. The van der Waals surface area contributed by atoms with E-state index in [1.165, 1.54) is 0 Å². The molecule has 1 N–H and O–H groups in total. The lowest BCUT2D eigenvalue weighted by Gasteiger charge is -2.36. The molecule has 0 radical (unpaired) electrons. The molecule has 0 aromatic heterocycles. The van der Waals surface area contributed by atoms with Gasteiger partial charge in [-0.1, -0.05) is 19.8 Å². The molecule has 2 heterocycles. The second kappa shape index (κ2) is 9.12. The zero-order valence-electron chi connectivity index (χ0n) is 15.0. The highest BCUT2D eigenvalue weighted by Gasteiger charge is 2.32. The quantitative estimate of drug-likeness (QED) is 0.754. The molecule has 2 rings (SSSR count). The van der Waals surface area contributed by atoms with E-state index in [1.54, 1.807) is 8.61 Å². The third-order valence-electron chi connectivity index (χ3n) is 4.94. The van der Waals surface area contributed by atoms with Crippen molar-refractivity contribution in [1.29, 1.82) is 0 Å². The number of carbonyl (C=O) groups is 1. The van der Waals surface area contributed by atoms with Gasteiger partial charge in [0.1, 0.15) is 0 Å². The third kappa shape index (κ3) is 5.40. The normalized spacial score (nSPS) is 23.6. The van der Waals surface area contributed by atoms with Crippen LogP contribution in [0, 0.1) is 0 Å². The van der Waals surface area contributed by atoms with E-state index in [-0.39, 0.29) is 11.9 Å². The molecule has 8 heteroatoms. The summed E-state index contributed by atoms with van der Waals surface area (Å²) in [5.41, 5.74) is 0. The Hall–Kier alpha value is -0.700. The van der Waals surface area contributed by atoms with Gasteiger partial charge < -0.3 is 5.32 Å². The van der Waals surface area contributed by atoms with Crippen molar-refractivity contribution in [1.82, 2.24) is 18.8 Å². The van der Waals surface area contributed by atoms with Crippen LogP contribution in [0.4, 0.5) is 0 Å². The molecule has 1 amide bonds. The highest BCUT2D eigenvalue weighted by atomic mass is 32.2. The molecule has 24 heavy (non-hydrogen) atoms. The highest BCUT2D eigenvalue weighted by molar-refractivity contribution is 7.86. The predicted octanol–water partition coefficient (Wildman–Crippen LogP) is 0.640. The van der Waals surface area contributed by atoms with Crippen LogP contribution in [0.2, 0.25) is 0 Å². The maximum absolute atomic E-state index is 12.8. The topological polar surface area (TPSA) is 73.0 Å². The molecular formula is C16H32N4O3S. The van der Waals surface area contributed by atoms with Crippen LogP contribution >= 0.6 is 0 Å². The summed E-state index contributed by atoms with van der Waals surface area (Å²) in [5, 5.41) is 2.96. The van der Waals surface area contributed by atoms with Crippen molar-refractivity contribution in [2.75, 3.05) is 45.8 Å². The van der Waals surface area contributed by atoms with Crippen LogP contribution in [-0.2, 0) is 15.0 Å². The van der Waals surface area contributed by atoms with Gasteiger partial charge in [0.15, 0.2) is 0 Å². The van der Waals surface area contributed by atoms with E-state index >= 15 is 0 Å². The first-order valence-electron chi connectivity index (χ1n) is 9.20. The van der Waals surface area contributed by atoms with Gasteiger partial charge in [-0.3, -0.25) is 9.69 Å². The summed E-state index contributed by atoms with van der Waals surface area (Å²) in [4.78, 5) is 14.0. The average Bonchev–Trinajstić information content (AvgIpc) is 2.85. The largest absolute Gasteiger partial charge is 0.353 e. The van der Waals surface area contributed by atoms with Crippen LogP contribution in [0.25, 0.3) is 0 Å². The number of piperazine rings is 1. The van der Waals surface area contributed by atoms with Crippen molar-refractivity contribution in [3.05, 3.63) is 0 Å². The molecular weight excluding hydrogens is 328 g/mol. The molecule has 0 aliphatic carbocycles. The molecule has 2 fully saturated rings. The van der Waals surface area contributed by atoms with Crippen LogP contribution in [-0.4, -0.2) is 79.7 Å². The van der Waals surface area contributed by atoms with Crippen molar-refractivity contribution in [2.45, 2.75) is 52.0 Å². The van der Waals surface area contributed by atoms with Gasteiger partial charge >= 0.3 is 0 Å². The van der Waals surface area contributed by atoms with Crippen LogP contribution < -0.4 is 5.32 Å². The summed E-state index contributed by atoms with van der Waals surface area (Å²) in [6, 6.07) is 0.183. The van der Waals surface area contributed by atoms with Crippen molar-refractivity contribution in [2.24, 2.45) is 0 Å². The van der Waals surface area contributed by atoms with E-state index in [9.17, 15) is 13.2 Å². The predicted molar refractivity (Wildman–Crippen MR) is 94.9 cm³/mol. The molecule has 1 unspecified atom stereocenters. The Balaban J connectivity index is 1.82. The molecule has 0 saturated carbocycles. The summed E-state index contributed by atoms with van der Waals surface area (Å²) in [6.45, 7) is 7.82. The van der Waals surface area contributed by atoms with Crippen molar-refractivity contribution in [3.63, 3.8) is 0 Å². The molecule has 0 spiro atoms. The molecule has 140 valence electrons. The Morgan fingerprint density at radius 2 is 1.50 bits per heavy atom. The van der Waals surface area contributed by atoms with E-state index in [4.69, 9.17) is 0 Å². The number of carbonyl (C=O) groups excluding carboxylic acids is 1. The molecule has 2 saturated heterocycles. The Morgan fingerprint density at radius 1 is 0.958 bits per heavy atom. The number of rotatable bonds is 6. The molecule has 7 nitrogen and oxygen atoms in total. The van der Waals surface area contributed by atoms with E-state index in [2.05, 4.69) is 5.32 Å². The van der Waals surface area contributed by atoms with Gasteiger partial charge in [0.2, 0.25) is 5.91 Å². The maximum atomic E-state index is 12.8. The SMILES string of the molecule is CCC(C)NC(=O)CN1CCN(S(=O)(=O)N2CCCCCC2)CC1. The summed E-state index contributed by atoms with van der Waals surface area (Å²) < 4.78 is 28.8. The highest BCUT2D eigenvalue weighted by Crippen LogP contribution is 2.17. The Bertz CT molecular complexity index is 495. The van der Waals surface area contributed by atoms with E-state index in [1.807, 2.05) is 18.7 Å². The van der Waals surface area contributed by atoms with Crippen LogP contribution in [0.3, 0.4) is 0 Å². The minimum atomic E-state index is -3.34. The van der Waals surface area contributed by atoms with Gasteiger partial charge in [0.05, 0.1) is 6.54 Å². The van der Waals surface area contributed by atoms with Gasteiger partial charge in [-0.05, 0) is 26.2 Å². The lowest BCUT2D eigenvalue weighted by atomic mass is 10.2. The van der Waals surface area contributed by atoms with Crippen LogP contribution in [0.5, 0.6) is 0 Å². The van der Waals surface area contributed by atoms with Crippen LogP contribution in [0.1, 0.15) is 46.0 Å². The fourth-order valence-corrected chi connectivity index (χ4v) is 4.85. The van der Waals surface area contributed by atoms with Crippen LogP contribution in [0.15, 0.2) is 0 Å². The van der Waals surface area contributed by atoms with Crippen molar-refractivity contribution < 1.29 is 13.2 Å². The molecule has 2 aliphatic rings. The molecule has 2 aliphatic heterocycles. The van der Waals surface area contributed by atoms with Gasteiger partial charge in [-0.25, -0.2) is 0 Å². The fourth-order valence-electron chi connectivity index (χ4n) is 3.18. The Kier molecular flexibility index (Phi) is 7.46. The van der Waals surface area contributed by atoms with Crippen molar-refractivity contribution in [3.8, 4) is 0 Å². The maximum Gasteiger partial charge on any atom is 0.282 e. The smallest absolute Gasteiger partial charge is 0.282 e. The molecule has 0 aromatic rings. The van der Waals surface area contributed by atoms with Gasteiger partial charge in [-0.15, -0.1) is 0 Å². The zero-order chi connectivity index (χ0) is 17.6. The fraction of sp³-hybridized carbons (Fsp3) is 0.938. The lowest BCUT2D eigenvalue weighted by Crippen LogP contribution is -2.54. The van der Waals surface area contributed by atoms with E-state index < -0.39 is 10.2 Å². The molecule has 0 aromatic carbocycles. The Labute approximate surface area is 146 Å². The molecule has 1 atom stereocenters. The number of hydrogen-bond donors (Lipinski definition) is 1. The van der Waals surface area contributed by atoms with Gasteiger partial charge in [-0.2, -0.15) is 17.0 Å². The van der Waals surface area contributed by atoms with Gasteiger partial charge in [0, 0.05) is 45.3 Å². The lowest BCUT2D eigenvalue weighted by molar-refractivity contribution is -0.123. The van der Waals surface area contributed by atoms with Crippen molar-refractivity contribution >= 4 is 16.1 Å². The summed E-state index contributed by atoms with van der Waals surface area (Å²) in [5.74, 6) is 0.0215. The average molecular weight is 361 g/mol. The van der Waals surface area contributed by atoms with Gasteiger partial charge in [0.25, 0.3) is 10.2 Å². The summed E-state index contributed by atoms with van der Waals surface area (Å²) in [6.07, 6.45) is 5.05. The second-order valence-corrected chi connectivity index (χ2v) is 8.80. The number of hydrogen-bond acceptors (Lipinski definition) is 4. The number of amides is 1. The first kappa shape index (κ1) is 19.6. The minimum absolute atomic E-state index is 0.0215. The minimum Gasteiger partial charge on any atom is -0.353 e. The van der Waals surface area contributed by atoms with E-state index in [0.717, 1.165) is 32.1 Å². The summed E-state index contributed by atoms with van der Waals surface area (Å²) in [7, 11) is -3.34. The molecule has 0 bridgehead atoms. The third-order valence-corrected chi connectivity index (χ3v) is 6.97. The number of nitrogens with zero attached hydrogens (tertiary/aromatic N) is 3. The first-order valence-corrected chi connectivity index (χ1v) is 10.6. The summed E-state index contributed by atoms with van der Waals surface area (Å²) >= 11 is 0. The first-order chi connectivity index (χ1) is 11.4. The standard InChI is InChI=1S/C16H32N4O3S/c1-3-15(2)17-16(21)14-18-10-12-20(13-11-18)24(22,23)19-8-6-4-5-7-9-19/h15H,3-14H2,1-2H3,(H,17,21). The second-order valence-electron chi connectivity index (χ2n) is 6.87.